The summed E-state index contributed by atoms with van der Waals surface area (Å²) in [5.74, 6) is -1.09. The molecule has 0 heterocycles. The van der Waals surface area contributed by atoms with Crippen LogP contribution in [0.1, 0.15) is 29.3 Å². The fourth-order valence-electron chi connectivity index (χ4n) is 2.27. The minimum Gasteiger partial charge on any atom is -0.493 e. The van der Waals surface area contributed by atoms with Crippen LogP contribution in [0.25, 0.3) is 0 Å². The van der Waals surface area contributed by atoms with Gasteiger partial charge < -0.3 is 20.5 Å². The molecule has 0 atom stereocenters. The van der Waals surface area contributed by atoms with Gasteiger partial charge in [0.05, 0.1) is 13.0 Å². The van der Waals surface area contributed by atoms with Crippen molar-refractivity contribution in [3.63, 3.8) is 0 Å². The van der Waals surface area contributed by atoms with Crippen LogP contribution >= 0.6 is 0 Å². The molecule has 0 saturated carbocycles. The lowest BCUT2D eigenvalue weighted by atomic mass is 10.2. The van der Waals surface area contributed by atoms with Gasteiger partial charge in [0.15, 0.2) is 0 Å². The number of carboxylic acid groups (broad SMARTS) is 1. The number of anilines is 1. The highest BCUT2D eigenvalue weighted by atomic mass is 16.5. The Morgan fingerprint density at radius 3 is 2.26 bits per heavy atom. The molecule has 0 spiro atoms. The Morgan fingerprint density at radius 2 is 1.67 bits per heavy atom. The Labute approximate surface area is 157 Å². The Hall–Kier alpha value is -3.35. The molecule has 0 aliphatic heterocycles. The maximum absolute atomic E-state index is 12.0. The lowest BCUT2D eigenvalue weighted by Gasteiger charge is -2.08. The predicted molar refractivity (Wildman–Crippen MR) is 101 cm³/mol. The van der Waals surface area contributed by atoms with Crippen molar-refractivity contribution in [2.45, 2.75) is 19.8 Å². The molecule has 3 N–H and O–H groups in total. The number of amides is 2. The van der Waals surface area contributed by atoms with Crippen molar-refractivity contribution >= 4 is 23.5 Å². The Balaban J connectivity index is 1.76. The average Bonchev–Trinajstić information content (AvgIpc) is 2.67. The maximum Gasteiger partial charge on any atom is 0.322 e. The zero-order valence-electron chi connectivity index (χ0n) is 15.0. The lowest BCUT2D eigenvalue weighted by molar-refractivity contribution is -0.135. The molecule has 0 unspecified atom stereocenters. The number of carbonyl (C=O) groups is 3. The molecular formula is C20H22N2O5. The number of rotatable bonds is 9. The van der Waals surface area contributed by atoms with Crippen molar-refractivity contribution < 1.29 is 24.2 Å². The van der Waals surface area contributed by atoms with E-state index in [1.165, 1.54) is 17.7 Å². The third kappa shape index (κ3) is 6.81. The number of hydrogen-bond acceptors (Lipinski definition) is 4. The molecule has 7 nitrogen and oxygen atoms in total. The summed E-state index contributed by atoms with van der Waals surface area (Å²) < 4.78 is 5.55. The minimum atomic E-state index is -1.12. The van der Waals surface area contributed by atoms with Gasteiger partial charge >= 0.3 is 5.97 Å². The number of ether oxygens (including phenoxy) is 1. The molecule has 0 saturated heterocycles. The molecule has 2 aromatic carbocycles. The molecular weight excluding hydrogens is 348 g/mol. The monoisotopic (exact) mass is 370 g/mol. The van der Waals surface area contributed by atoms with Crippen LogP contribution in [0.15, 0.2) is 48.5 Å². The molecule has 0 aromatic heterocycles. The van der Waals surface area contributed by atoms with E-state index in [0.717, 1.165) is 12.2 Å². The first-order valence-corrected chi connectivity index (χ1v) is 8.59. The summed E-state index contributed by atoms with van der Waals surface area (Å²) in [5, 5.41) is 13.5. The first-order valence-electron chi connectivity index (χ1n) is 8.59. The Bertz CT molecular complexity index is 785. The second-order valence-electron chi connectivity index (χ2n) is 5.80. The highest BCUT2D eigenvalue weighted by Gasteiger charge is 2.08. The number of aliphatic carboxylic acids is 1. The van der Waals surface area contributed by atoms with Gasteiger partial charge in [0, 0.05) is 11.3 Å². The molecule has 2 rings (SSSR count). The van der Waals surface area contributed by atoms with Gasteiger partial charge in [-0.05, 0) is 48.4 Å². The van der Waals surface area contributed by atoms with Gasteiger partial charge in [0.25, 0.3) is 5.91 Å². The van der Waals surface area contributed by atoms with E-state index in [0.29, 0.717) is 11.3 Å². The third-order valence-electron chi connectivity index (χ3n) is 3.76. The van der Waals surface area contributed by atoms with Crippen molar-refractivity contribution in [3.8, 4) is 5.75 Å². The van der Waals surface area contributed by atoms with Gasteiger partial charge in [-0.1, -0.05) is 19.1 Å². The summed E-state index contributed by atoms with van der Waals surface area (Å²) in [6, 6.07) is 13.9. The van der Waals surface area contributed by atoms with Crippen molar-refractivity contribution in [2.75, 3.05) is 18.5 Å². The number of nitrogens with one attached hydrogen (secondary N) is 2. The van der Waals surface area contributed by atoms with E-state index in [4.69, 9.17) is 9.84 Å². The molecule has 2 amide bonds. The van der Waals surface area contributed by atoms with Crippen LogP contribution in [-0.4, -0.2) is 36.0 Å². The van der Waals surface area contributed by atoms with Crippen molar-refractivity contribution in [2.24, 2.45) is 0 Å². The normalized spacial score (nSPS) is 10.1. The molecule has 7 heteroatoms. The van der Waals surface area contributed by atoms with Crippen LogP contribution in [-0.2, 0) is 16.0 Å². The summed E-state index contributed by atoms with van der Waals surface area (Å²) >= 11 is 0. The van der Waals surface area contributed by atoms with E-state index in [1.54, 1.807) is 12.1 Å². The van der Waals surface area contributed by atoms with Gasteiger partial charge in [-0.25, -0.2) is 0 Å². The third-order valence-corrected chi connectivity index (χ3v) is 3.76. The first-order chi connectivity index (χ1) is 13.0. The molecule has 142 valence electrons. The van der Waals surface area contributed by atoms with E-state index in [1.807, 2.05) is 24.3 Å². The molecule has 2 aromatic rings. The standard InChI is InChI=1S/C20H22N2O5/c1-2-14-3-9-17(10-4-14)27-12-11-18(23)22-16-7-5-15(6-8-16)20(26)21-13-19(24)25/h3-10H,2,11-13H2,1H3,(H,21,26)(H,22,23)(H,24,25). The van der Waals surface area contributed by atoms with Gasteiger partial charge in [-0.2, -0.15) is 0 Å². The Morgan fingerprint density at radius 1 is 1.00 bits per heavy atom. The summed E-state index contributed by atoms with van der Waals surface area (Å²) in [7, 11) is 0. The largest absolute Gasteiger partial charge is 0.493 e. The van der Waals surface area contributed by atoms with E-state index >= 15 is 0 Å². The summed E-state index contributed by atoms with van der Waals surface area (Å²) in [6.07, 6.45) is 1.15. The number of carbonyl (C=O) groups excluding carboxylic acids is 2. The zero-order chi connectivity index (χ0) is 19.6. The number of hydrogen-bond donors (Lipinski definition) is 3. The van der Waals surface area contributed by atoms with Crippen molar-refractivity contribution in [1.82, 2.24) is 5.32 Å². The van der Waals surface area contributed by atoms with E-state index in [9.17, 15) is 14.4 Å². The second-order valence-corrected chi connectivity index (χ2v) is 5.80. The van der Waals surface area contributed by atoms with E-state index in [2.05, 4.69) is 17.6 Å². The zero-order valence-corrected chi connectivity index (χ0v) is 15.0. The summed E-state index contributed by atoms with van der Waals surface area (Å²) in [6.45, 7) is 1.89. The topological polar surface area (TPSA) is 105 Å². The fraction of sp³-hybridized carbons (Fsp3) is 0.250. The average molecular weight is 370 g/mol. The van der Waals surface area contributed by atoms with Crippen LogP contribution < -0.4 is 15.4 Å². The van der Waals surface area contributed by atoms with Crippen molar-refractivity contribution in [3.05, 3.63) is 59.7 Å². The quantitative estimate of drug-likeness (QED) is 0.629. The SMILES string of the molecule is CCc1ccc(OCCC(=O)Nc2ccc(C(=O)NCC(=O)O)cc2)cc1. The predicted octanol–water partition coefficient (Wildman–Crippen LogP) is 2.47. The fourth-order valence-corrected chi connectivity index (χ4v) is 2.27. The first kappa shape index (κ1) is 20.0. The van der Waals surface area contributed by atoms with Crippen molar-refractivity contribution in [1.29, 1.82) is 0 Å². The van der Waals surface area contributed by atoms with Gasteiger partial charge in [-0.15, -0.1) is 0 Å². The Kier molecular flexibility index (Phi) is 7.37. The van der Waals surface area contributed by atoms with Gasteiger partial charge in [0.1, 0.15) is 12.3 Å². The van der Waals surface area contributed by atoms with Crippen LogP contribution in [0.5, 0.6) is 5.75 Å². The van der Waals surface area contributed by atoms with Crippen LogP contribution in [0.4, 0.5) is 5.69 Å². The molecule has 0 radical (unpaired) electrons. The highest BCUT2D eigenvalue weighted by molar-refractivity contribution is 5.97. The van der Waals surface area contributed by atoms with Crippen LogP contribution in [0.2, 0.25) is 0 Å². The summed E-state index contributed by atoms with van der Waals surface area (Å²) in [5.41, 5.74) is 2.08. The van der Waals surface area contributed by atoms with Crippen LogP contribution in [0.3, 0.4) is 0 Å². The van der Waals surface area contributed by atoms with Gasteiger partial charge in [0.2, 0.25) is 5.91 Å². The number of aryl methyl sites for hydroxylation is 1. The van der Waals surface area contributed by atoms with Crippen LogP contribution in [0, 0.1) is 0 Å². The second kappa shape index (κ2) is 9.96. The van der Waals surface area contributed by atoms with Gasteiger partial charge in [-0.3, -0.25) is 14.4 Å². The maximum atomic E-state index is 12.0. The summed E-state index contributed by atoms with van der Waals surface area (Å²) in [4.78, 5) is 34.1. The number of benzene rings is 2. The molecule has 0 aliphatic carbocycles. The minimum absolute atomic E-state index is 0.191. The molecule has 27 heavy (non-hydrogen) atoms. The smallest absolute Gasteiger partial charge is 0.322 e. The van der Waals surface area contributed by atoms with E-state index < -0.39 is 18.4 Å². The number of carboxylic acids is 1. The molecule has 0 aliphatic rings. The lowest BCUT2D eigenvalue weighted by Crippen LogP contribution is -2.29. The molecule has 0 bridgehead atoms. The van der Waals surface area contributed by atoms with E-state index in [-0.39, 0.29) is 18.9 Å². The highest BCUT2D eigenvalue weighted by Crippen LogP contribution is 2.13. The molecule has 0 fully saturated rings.